The fraction of sp³-hybridized carbons (Fsp3) is 0.417. The maximum atomic E-state index is 10.6. The van der Waals surface area contributed by atoms with Crippen LogP contribution in [0.25, 0.3) is 11.1 Å². The second kappa shape index (κ2) is 6.83. The molecule has 0 radical (unpaired) electrons. The van der Waals surface area contributed by atoms with Crippen molar-refractivity contribution in [3.8, 4) is 0 Å². The number of non-ortho nitro benzene ring substituents is 1. The van der Waals surface area contributed by atoms with Gasteiger partial charge < -0.3 is 19.6 Å². The predicted molar refractivity (Wildman–Crippen MR) is 71.7 cm³/mol. The van der Waals surface area contributed by atoms with Gasteiger partial charge in [0.25, 0.3) is 11.7 Å². The number of hydrogen-bond donors (Lipinski definition) is 2. The first-order chi connectivity index (χ1) is 9.70. The Labute approximate surface area is 114 Å². The van der Waals surface area contributed by atoms with Crippen molar-refractivity contribution in [3.63, 3.8) is 0 Å². The third kappa shape index (κ3) is 3.65. The van der Waals surface area contributed by atoms with Crippen molar-refractivity contribution >= 4 is 22.8 Å². The lowest BCUT2D eigenvalue weighted by Crippen LogP contribution is -2.07. The summed E-state index contributed by atoms with van der Waals surface area (Å²) in [4.78, 5) is 14.3. The highest BCUT2D eigenvalue weighted by atomic mass is 16.6. The van der Waals surface area contributed by atoms with Crippen LogP contribution in [0, 0.1) is 10.1 Å². The summed E-state index contributed by atoms with van der Waals surface area (Å²) >= 11 is 0. The number of aliphatic hydroxyl groups excluding tert-OH is 1. The van der Waals surface area contributed by atoms with E-state index in [0.29, 0.717) is 36.9 Å². The predicted octanol–water partition coefficient (Wildman–Crippen LogP) is 1.55. The average molecular weight is 281 g/mol. The van der Waals surface area contributed by atoms with Crippen molar-refractivity contribution in [2.45, 2.75) is 6.42 Å². The Morgan fingerprint density at radius 2 is 2.30 bits per heavy atom. The van der Waals surface area contributed by atoms with Crippen LogP contribution in [0.15, 0.2) is 22.6 Å². The van der Waals surface area contributed by atoms with E-state index in [1.807, 2.05) is 0 Å². The van der Waals surface area contributed by atoms with Crippen molar-refractivity contribution in [3.05, 3.63) is 28.3 Å². The molecule has 0 aliphatic carbocycles. The van der Waals surface area contributed by atoms with Gasteiger partial charge in [-0.05, 0) is 12.5 Å². The smallest absolute Gasteiger partial charge is 0.295 e. The van der Waals surface area contributed by atoms with Crippen LogP contribution in [-0.4, -0.2) is 41.4 Å². The lowest BCUT2D eigenvalue weighted by Gasteiger charge is -2.02. The highest BCUT2D eigenvalue weighted by molar-refractivity contribution is 5.77. The second-order valence-electron chi connectivity index (χ2n) is 4.04. The van der Waals surface area contributed by atoms with Gasteiger partial charge in [0.05, 0.1) is 24.2 Å². The number of nitro benzene ring substituents is 1. The number of hydrogen-bond acceptors (Lipinski definition) is 7. The van der Waals surface area contributed by atoms with Crippen LogP contribution in [0.5, 0.6) is 0 Å². The Bertz CT molecular complexity index is 583. The topological polar surface area (TPSA) is 111 Å². The van der Waals surface area contributed by atoms with Gasteiger partial charge in [-0.3, -0.25) is 10.1 Å². The number of nitro groups is 1. The Morgan fingerprint density at radius 3 is 3.05 bits per heavy atom. The van der Waals surface area contributed by atoms with Gasteiger partial charge in [0.2, 0.25) is 0 Å². The van der Waals surface area contributed by atoms with E-state index in [9.17, 15) is 10.1 Å². The Balaban J connectivity index is 1.89. The average Bonchev–Trinajstić information content (AvgIpc) is 2.84. The van der Waals surface area contributed by atoms with E-state index < -0.39 is 4.92 Å². The van der Waals surface area contributed by atoms with Gasteiger partial charge in [-0.15, -0.1) is 0 Å². The lowest BCUT2D eigenvalue weighted by molar-refractivity contribution is -0.384. The second-order valence-corrected chi connectivity index (χ2v) is 4.04. The fourth-order valence-electron chi connectivity index (χ4n) is 1.64. The molecule has 0 spiro atoms. The molecule has 2 rings (SSSR count). The first-order valence-electron chi connectivity index (χ1n) is 6.18. The Morgan fingerprint density at radius 1 is 1.45 bits per heavy atom. The maximum Gasteiger partial charge on any atom is 0.295 e. The first-order valence-corrected chi connectivity index (χ1v) is 6.18. The van der Waals surface area contributed by atoms with Gasteiger partial charge in [-0.1, -0.05) is 0 Å². The summed E-state index contributed by atoms with van der Waals surface area (Å²) in [6.07, 6.45) is 0.735. The van der Waals surface area contributed by atoms with Gasteiger partial charge in [0, 0.05) is 19.2 Å². The largest absolute Gasteiger partial charge is 0.423 e. The minimum absolute atomic E-state index is 0.0112. The molecule has 1 aromatic carbocycles. The molecule has 108 valence electrons. The number of oxazole rings is 1. The Hall–Kier alpha value is -2.19. The monoisotopic (exact) mass is 281 g/mol. The maximum absolute atomic E-state index is 10.6. The summed E-state index contributed by atoms with van der Waals surface area (Å²) in [6, 6.07) is 4.60. The van der Waals surface area contributed by atoms with Crippen molar-refractivity contribution in [2.24, 2.45) is 0 Å². The molecule has 1 aromatic heterocycles. The van der Waals surface area contributed by atoms with E-state index in [-0.39, 0.29) is 12.3 Å². The fourth-order valence-corrected chi connectivity index (χ4v) is 1.64. The van der Waals surface area contributed by atoms with Gasteiger partial charge in [-0.25, -0.2) is 0 Å². The summed E-state index contributed by atoms with van der Waals surface area (Å²) in [7, 11) is 0. The van der Waals surface area contributed by atoms with Crippen LogP contribution in [0.1, 0.15) is 6.42 Å². The number of anilines is 1. The number of aromatic nitrogens is 1. The van der Waals surface area contributed by atoms with Crippen LogP contribution in [0.2, 0.25) is 0 Å². The Kier molecular flexibility index (Phi) is 4.85. The molecule has 0 amide bonds. The number of nitrogens with one attached hydrogen (secondary N) is 1. The van der Waals surface area contributed by atoms with Crippen molar-refractivity contribution in [1.82, 2.24) is 4.98 Å². The van der Waals surface area contributed by atoms with Crippen molar-refractivity contribution < 1.29 is 19.2 Å². The van der Waals surface area contributed by atoms with Gasteiger partial charge in [0.1, 0.15) is 5.52 Å². The lowest BCUT2D eigenvalue weighted by atomic mass is 10.3. The standard InChI is InChI=1S/C12H15N3O5/c16-5-7-19-6-1-4-13-12-14-10-3-2-9(15(17)18)8-11(10)20-12/h2-3,8,16H,1,4-7H2,(H,13,14). The molecular weight excluding hydrogens is 266 g/mol. The number of nitrogens with zero attached hydrogens (tertiary/aromatic N) is 2. The zero-order valence-electron chi connectivity index (χ0n) is 10.7. The van der Waals surface area contributed by atoms with E-state index in [1.165, 1.54) is 12.1 Å². The van der Waals surface area contributed by atoms with Crippen LogP contribution in [0.3, 0.4) is 0 Å². The molecular formula is C12H15N3O5. The van der Waals surface area contributed by atoms with E-state index in [1.54, 1.807) is 6.07 Å². The highest BCUT2D eigenvalue weighted by Gasteiger charge is 2.11. The van der Waals surface area contributed by atoms with Crippen LogP contribution < -0.4 is 5.32 Å². The quantitative estimate of drug-likeness (QED) is 0.429. The molecule has 0 unspecified atom stereocenters. The summed E-state index contributed by atoms with van der Waals surface area (Å²) in [5.41, 5.74) is 0.908. The molecule has 2 aromatic rings. The summed E-state index contributed by atoms with van der Waals surface area (Å²) in [5.74, 6) is 0. The molecule has 0 atom stereocenters. The molecule has 2 N–H and O–H groups in total. The highest BCUT2D eigenvalue weighted by Crippen LogP contribution is 2.23. The molecule has 1 heterocycles. The normalized spacial score (nSPS) is 10.8. The van der Waals surface area contributed by atoms with E-state index >= 15 is 0 Å². The summed E-state index contributed by atoms with van der Waals surface area (Å²) < 4.78 is 10.5. The number of benzene rings is 1. The molecule has 0 saturated carbocycles. The number of rotatable bonds is 8. The van der Waals surface area contributed by atoms with Gasteiger partial charge in [-0.2, -0.15) is 4.98 Å². The third-order valence-corrected chi connectivity index (χ3v) is 2.56. The SMILES string of the molecule is O=[N+]([O-])c1ccc2nc(NCCCOCCO)oc2c1. The molecule has 8 nitrogen and oxygen atoms in total. The molecule has 0 bridgehead atoms. The zero-order chi connectivity index (χ0) is 14.4. The number of ether oxygens (including phenoxy) is 1. The first kappa shape index (κ1) is 14.2. The molecule has 0 saturated heterocycles. The van der Waals surface area contributed by atoms with Gasteiger partial charge in [0.15, 0.2) is 5.58 Å². The van der Waals surface area contributed by atoms with E-state index in [2.05, 4.69) is 10.3 Å². The molecule has 0 aliphatic rings. The van der Waals surface area contributed by atoms with Crippen LogP contribution in [-0.2, 0) is 4.74 Å². The molecule has 0 fully saturated rings. The minimum atomic E-state index is -0.479. The summed E-state index contributed by atoms with van der Waals surface area (Å²) in [6.45, 7) is 1.46. The minimum Gasteiger partial charge on any atom is -0.423 e. The van der Waals surface area contributed by atoms with E-state index in [4.69, 9.17) is 14.3 Å². The van der Waals surface area contributed by atoms with E-state index in [0.717, 1.165) is 6.42 Å². The zero-order valence-corrected chi connectivity index (χ0v) is 10.7. The number of fused-ring (bicyclic) bond motifs is 1. The molecule has 0 aliphatic heterocycles. The molecule has 8 heteroatoms. The van der Waals surface area contributed by atoms with Crippen molar-refractivity contribution in [1.29, 1.82) is 0 Å². The van der Waals surface area contributed by atoms with Crippen LogP contribution in [0.4, 0.5) is 11.7 Å². The third-order valence-electron chi connectivity index (χ3n) is 2.56. The number of aliphatic hydroxyl groups is 1. The molecule has 20 heavy (non-hydrogen) atoms. The summed E-state index contributed by atoms with van der Waals surface area (Å²) in [5, 5.41) is 22.1. The van der Waals surface area contributed by atoms with Gasteiger partial charge >= 0.3 is 0 Å². The van der Waals surface area contributed by atoms with Crippen LogP contribution >= 0.6 is 0 Å². The van der Waals surface area contributed by atoms with Crippen molar-refractivity contribution in [2.75, 3.05) is 31.7 Å².